The van der Waals surface area contributed by atoms with Crippen molar-refractivity contribution in [2.24, 2.45) is 0 Å². The number of hydrogen-bond acceptors (Lipinski definition) is 9. The molecule has 33 heavy (non-hydrogen) atoms. The maximum atomic E-state index is 6.22. The van der Waals surface area contributed by atoms with Gasteiger partial charge in [-0.1, -0.05) is 0 Å². The number of ether oxygens (including phenoxy) is 4. The molecule has 0 aromatic heterocycles. The van der Waals surface area contributed by atoms with Gasteiger partial charge in [-0.15, -0.1) is 0 Å². The van der Waals surface area contributed by atoms with Crippen LogP contribution in [0.1, 0.15) is 0 Å². The second-order valence-corrected chi connectivity index (χ2v) is 9.76. The lowest BCUT2D eigenvalue weighted by Crippen LogP contribution is -2.49. The summed E-state index contributed by atoms with van der Waals surface area (Å²) < 4.78 is 22.9. The first-order valence-electron chi connectivity index (χ1n) is 12.6. The van der Waals surface area contributed by atoms with Gasteiger partial charge in [-0.2, -0.15) is 0 Å². The normalized spacial score (nSPS) is 31.1. The van der Waals surface area contributed by atoms with Crippen LogP contribution < -0.4 is 0 Å². The molecule has 3 aliphatic heterocycles. The molecule has 9 nitrogen and oxygen atoms in total. The van der Waals surface area contributed by atoms with Crippen molar-refractivity contribution in [3.63, 3.8) is 0 Å². The van der Waals surface area contributed by atoms with Gasteiger partial charge in [-0.25, -0.2) is 0 Å². The van der Waals surface area contributed by atoms with Crippen molar-refractivity contribution in [2.75, 3.05) is 127 Å². The molecule has 3 rings (SSSR count). The SMILES string of the molecule is [B][C@@H]1O[C@H](COC)C(OC)[C@@H]1OCCN(CCN1CCN(C)CC1)CCN1CCN(C)CC1. The molecule has 3 aliphatic rings. The van der Waals surface area contributed by atoms with E-state index in [0.717, 1.165) is 85.1 Å². The second-order valence-electron chi connectivity index (χ2n) is 9.76. The number of piperazine rings is 2. The van der Waals surface area contributed by atoms with Gasteiger partial charge in [0, 0.05) is 105 Å². The zero-order chi connectivity index (χ0) is 23.6. The molecule has 190 valence electrons. The number of likely N-dealkylation sites (N-methyl/N-ethyl adjacent to an activating group) is 2. The minimum absolute atomic E-state index is 0.189. The summed E-state index contributed by atoms with van der Waals surface area (Å²) in [5, 5.41) is 0. The van der Waals surface area contributed by atoms with Crippen LogP contribution in [0.3, 0.4) is 0 Å². The molecule has 0 aromatic carbocycles. The number of methoxy groups -OCH3 is 2. The maximum Gasteiger partial charge on any atom is 0.113 e. The lowest BCUT2D eigenvalue weighted by Gasteiger charge is -2.36. The van der Waals surface area contributed by atoms with E-state index in [-0.39, 0.29) is 18.3 Å². The molecule has 0 amide bonds. The van der Waals surface area contributed by atoms with Crippen LogP contribution in [0, 0.1) is 0 Å². The predicted octanol–water partition coefficient (Wildman–Crippen LogP) is -1.28. The van der Waals surface area contributed by atoms with E-state index in [1.807, 2.05) is 0 Å². The molecule has 3 fully saturated rings. The Morgan fingerprint density at radius 2 is 1.36 bits per heavy atom. The van der Waals surface area contributed by atoms with Crippen molar-refractivity contribution in [2.45, 2.75) is 24.3 Å². The Labute approximate surface area is 202 Å². The number of nitrogens with zero attached hydrogens (tertiary/aromatic N) is 5. The lowest BCUT2D eigenvalue weighted by molar-refractivity contribution is -0.0587. The highest BCUT2D eigenvalue weighted by Crippen LogP contribution is 2.25. The topological polar surface area (TPSA) is 53.1 Å². The monoisotopic (exact) mass is 467 g/mol. The van der Waals surface area contributed by atoms with Crippen molar-refractivity contribution < 1.29 is 18.9 Å². The third kappa shape index (κ3) is 8.70. The zero-order valence-electron chi connectivity index (χ0n) is 21.4. The minimum atomic E-state index is -0.487. The van der Waals surface area contributed by atoms with Crippen LogP contribution in [0.2, 0.25) is 0 Å². The third-order valence-corrected chi connectivity index (χ3v) is 7.32. The van der Waals surface area contributed by atoms with Crippen molar-refractivity contribution in [1.29, 1.82) is 0 Å². The van der Waals surface area contributed by atoms with Crippen LogP contribution >= 0.6 is 0 Å². The molecular formula is C23H46BN5O4. The quantitative estimate of drug-likeness (QED) is 0.309. The molecule has 0 saturated carbocycles. The number of rotatable bonds is 13. The molecule has 0 aromatic rings. The highest BCUT2D eigenvalue weighted by atomic mass is 16.6. The van der Waals surface area contributed by atoms with E-state index in [1.165, 1.54) is 0 Å². The van der Waals surface area contributed by atoms with Gasteiger partial charge >= 0.3 is 0 Å². The lowest BCUT2D eigenvalue weighted by atomic mass is 9.93. The highest BCUT2D eigenvalue weighted by Gasteiger charge is 2.43. The van der Waals surface area contributed by atoms with Gasteiger partial charge in [0.1, 0.15) is 26.2 Å². The largest absolute Gasteiger partial charge is 0.382 e. The Hall–Kier alpha value is -0.295. The van der Waals surface area contributed by atoms with Crippen molar-refractivity contribution >= 4 is 7.85 Å². The van der Waals surface area contributed by atoms with Crippen LogP contribution in [-0.2, 0) is 18.9 Å². The molecule has 0 aliphatic carbocycles. The summed E-state index contributed by atoms with van der Waals surface area (Å²) in [7, 11) is 14.0. The van der Waals surface area contributed by atoms with Gasteiger partial charge in [0.05, 0.1) is 13.2 Å². The summed E-state index contributed by atoms with van der Waals surface area (Å²) in [6.45, 7) is 15.6. The van der Waals surface area contributed by atoms with Crippen molar-refractivity contribution in [3.05, 3.63) is 0 Å². The summed E-state index contributed by atoms with van der Waals surface area (Å²) in [4.78, 5) is 12.5. The second kappa shape index (κ2) is 14.3. The number of hydrogen-bond donors (Lipinski definition) is 0. The molecule has 0 N–H and O–H groups in total. The first-order chi connectivity index (χ1) is 16.0. The van der Waals surface area contributed by atoms with Crippen LogP contribution in [-0.4, -0.2) is 183 Å². The molecule has 3 saturated heterocycles. The Balaban J connectivity index is 1.46. The smallest absolute Gasteiger partial charge is 0.113 e. The zero-order valence-corrected chi connectivity index (χ0v) is 21.4. The summed E-state index contributed by atoms with van der Waals surface area (Å²) in [5.74, 6) is 0. The Morgan fingerprint density at radius 3 is 1.85 bits per heavy atom. The molecule has 0 bridgehead atoms. The molecule has 10 heteroatoms. The van der Waals surface area contributed by atoms with E-state index in [0.29, 0.717) is 13.2 Å². The molecule has 2 radical (unpaired) electrons. The van der Waals surface area contributed by atoms with Gasteiger partial charge in [0.25, 0.3) is 0 Å². The predicted molar refractivity (Wildman–Crippen MR) is 131 cm³/mol. The average molecular weight is 467 g/mol. The molecule has 1 unspecified atom stereocenters. The summed E-state index contributed by atoms with van der Waals surface area (Å²) >= 11 is 0. The first-order valence-corrected chi connectivity index (χ1v) is 12.6. The molecule has 3 heterocycles. The highest BCUT2D eigenvalue weighted by molar-refractivity contribution is 6.11. The van der Waals surface area contributed by atoms with Crippen molar-refractivity contribution in [3.8, 4) is 0 Å². The van der Waals surface area contributed by atoms with Gasteiger partial charge in [-0.3, -0.25) is 14.7 Å². The Bertz CT molecular complexity index is 509. The standard InChI is InChI=1S/C23H46BN5O4/c1-25-5-9-27(10-6-25)13-15-29(16-14-28-11-7-26(2)8-12-28)17-18-32-22-21(31-4)20(19-30-3)33-23(22)24/h20-23H,5-19H2,1-4H3/t20-,21?,22+,23-/m1/s1. The third-order valence-electron chi connectivity index (χ3n) is 7.32. The fourth-order valence-corrected chi connectivity index (χ4v) is 4.89. The maximum absolute atomic E-state index is 6.22. The molecular weight excluding hydrogens is 421 g/mol. The van der Waals surface area contributed by atoms with E-state index in [4.69, 9.17) is 26.8 Å². The molecule has 4 atom stereocenters. The summed E-state index contributed by atoms with van der Waals surface area (Å²) in [6.07, 6.45) is -0.665. The van der Waals surface area contributed by atoms with Crippen molar-refractivity contribution in [1.82, 2.24) is 24.5 Å². The van der Waals surface area contributed by atoms with Crippen LogP contribution in [0.4, 0.5) is 0 Å². The van der Waals surface area contributed by atoms with E-state index < -0.39 is 6.00 Å². The van der Waals surface area contributed by atoms with Crippen LogP contribution in [0.5, 0.6) is 0 Å². The fourth-order valence-electron chi connectivity index (χ4n) is 4.89. The van der Waals surface area contributed by atoms with Crippen LogP contribution in [0.15, 0.2) is 0 Å². The van der Waals surface area contributed by atoms with Crippen LogP contribution in [0.25, 0.3) is 0 Å². The van der Waals surface area contributed by atoms with Gasteiger partial charge < -0.3 is 28.7 Å². The first kappa shape index (κ1) is 27.3. The fraction of sp³-hybridized carbons (Fsp3) is 1.00. The summed E-state index contributed by atoms with van der Waals surface area (Å²) in [6, 6.07) is -0.487. The van der Waals surface area contributed by atoms with E-state index >= 15 is 0 Å². The van der Waals surface area contributed by atoms with Gasteiger partial charge in [0.15, 0.2) is 0 Å². The minimum Gasteiger partial charge on any atom is -0.382 e. The average Bonchev–Trinajstić information content (AvgIpc) is 3.11. The molecule has 0 spiro atoms. The van der Waals surface area contributed by atoms with E-state index in [9.17, 15) is 0 Å². The van der Waals surface area contributed by atoms with E-state index in [2.05, 4.69) is 38.6 Å². The van der Waals surface area contributed by atoms with Gasteiger partial charge in [-0.05, 0) is 14.1 Å². The van der Waals surface area contributed by atoms with Gasteiger partial charge in [0.2, 0.25) is 0 Å². The summed E-state index contributed by atoms with van der Waals surface area (Å²) in [5.41, 5.74) is 0. The Kier molecular flexibility index (Phi) is 11.8. The Morgan fingerprint density at radius 1 is 0.818 bits per heavy atom. The van der Waals surface area contributed by atoms with E-state index in [1.54, 1.807) is 14.2 Å².